The molecule has 0 saturated heterocycles. The number of halogens is 3. The summed E-state index contributed by atoms with van der Waals surface area (Å²) < 4.78 is 38.1. The molecular formula is C17H19F3N2O2. The van der Waals surface area contributed by atoms with E-state index in [4.69, 9.17) is 0 Å². The van der Waals surface area contributed by atoms with E-state index in [1.54, 1.807) is 26.8 Å². The van der Waals surface area contributed by atoms with Crippen LogP contribution in [0.25, 0.3) is 0 Å². The summed E-state index contributed by atoms with van der Waals surface area (Å²) in [6.45, 7) is 5.32. The molecule has 24 heavy (non-hydrogen) atoms. The number of nitrogens with zero attached hydrogens (tertiary/aromatic N) is 1. The van der Waals surface area contributed by atoms with Gasteiger partial charge in [-0.2, -0.15) is 18.4 Å². The number of allylic oxidation sites excluding steroid dienone is 1. The average Bonchev–Trinajstić information content (AvgIpc) is 2.54. The molecular weight excluding hydrogens is 321 g/mol. The largest absolute Gasteiger partial charge is 0.510 e. The standard InChI is InChI=1S/C17H19F3N2O2/c1-4-16(3,5-2)14(23)13(10-21)15(24)22-12-8-6-7-11(9-12)17(18,19)20/h6-9,23H,4-5H2,1-3H3,(H,22,24)/b14-13-. The van der Waals surface area contributed by atoms with E-state index < -0.39 is 28.6 Å². The second-order valence-corrected chi connectivity index (χ2v) is 5.64. The molecule has 0 radical (unpaired) electrons. The minimum absolute atomic E-state index is 0.106. The van der Waals surface area contributed by atoms with Crippen molar-refractivity contribution in [2.45, 2.75) is 39.8 Å². The van der Waals surface area contributed by atoms with Crippen LogP contribution in [0.1, 0.15) is 39.2 Å². The van der Waals surface area contributed by atoms with Crippen molar-refractivity contribution >= 4 is 11.6 Å². The fraction of sp³-hybridized carbons (Fsp3) is 0.412. The molecule has 0 heterocycles. The van der Waals surface area contributed by atoms with Crippen LogP contribution in [0.15, 0.2) is 35.6 Å². The van der Waals surface area contributed by atoms with Crippen LogP contribution in [0, 0.1) is 16.7 Å². The zero-order chi connectivity index (χ0) is 18.5. The average molecular weight is 340 g/mol. The summed E-state index contributed by atoms with van der Waals surface area (Å²) in [7, 11) is 0. The molecule has 0 bridgehead atoms. The molecule has 0 spiro atoms. The van der Waals surface area contributed by atoms with Crippen molar-refractivity contribution in [1.29, 1.82) is 5.26 Å². The van der Waals surface area contributed by atoms with Crippen molar-refractivity contribution in [3.8, 4) is 6.07 Å². The number of aliphatic hydroxyl groups is 1. The fourth-order valence-electron chi connectivity index (χ4n) is 2.06. The highest BCUT2D eigenvalue weighted by Gasteiger charge is 2.32. The van der Waals surface area contributed by atoms with Crippen LogP contribution < -0.4 is 5.32 Å². The molecule has 7 heteroatoms. The van der Waals surface area contributed by atoms with E-state index in [2.05, 4.69) is 5.32 Å². The van der Waals surface area contributed by atoms with E-state index in [9.17, 15) is 28.3 Å². The third-order valence-corrected chi connectivity index (χ3v) is 4.16. The van der Waals surface area contributed by atoms with Gasteiger partial charge in [0, 0.05) is 11.1 Å². The predicted molar refractivity (Wildman–Crippen MR) is 84.0 cm³/mol. The number of carbonyl (C=O) groups excluding carboxylic acids is 1. The highest BCUT2D eigenvalue weighted by atomic mass is 19.4. The number of amides is 1. The van der Waals surface area contributed by atoms with Gasteiger partial charge in [-0.05, 0) is 31.0 Å². The molecule has 2 N–H and O–H groups in total. The van der Waals surface area contributed by atoms with Crippen LogP contribution in [-0.4, -0.2) is 11.0 Å². The Hall–Kier alpha value is -2.49. The number of alkyl halides is 3. The Morgan fingerprint density at radius 2 is 1.88 bits per heavy atom. The van der Waals surface area contributed by atoms with E-state index >= 15 is 0 Å². The third kappa shape index (κ3) is 4.28. The topological polar surface area (TPSA) is 73.1 Å². The molecule has 1 rings (SSSR count). The van der Waals surface area contributed by atoms with E-state index in [1.807, 2.05) is 0 Å². The second-order valence-electron chi connectivity index (χ2n) is 5.64. The molecule has 4 nitrogen and oxygen atoms in total. The molecule has 0 aliphatic heterocycles. The Kier molecular flexibility index (Phi) is 6.02. The zero-order valence-corrected chi connectivity index (χ0v) is 13.7. The number of nitrogens with one attached hydrogen (secondary N) is 1. The van der Waals surface area contributed by atoms with Gasteiger partial charge in [-0.3, -0.25) is 4.79 Å². The molecule has 0 aliphatic carbocycles. The molecule has 1 aromatic rings. The van der Waals surface area contributed by atoms with Gasteiger partial charge < -0.3 is 10.4 Å². The first kappa shape index (κ1) is 19.6. The Morgan fingerprint density at radius 3 is 2.33 bits per heavy atom. The summed E-state index contributed by atoms with van der Waals surface area (Å²) in [5.74, 6) is -1.30. The SMILES string of the molecule is CCC(C)(CC)/C(O)=C(\C#N)C(=O)Nc1cccc(C(F)(F)F)c1. The number of benzene rings is 1. The van der Waals surface area contributed by atoms with E-state index in [0.717, 1.165) is 18.2 Å². The van der Waals surface area contributed by atoms with Gasteiger partial charge in [-0.1, -0.05) is 26.8 Å². The van der Waals surface area contributed by atoms with E-state index in [0.29, 0.717) is 12.8 Å². The number of rotatable bonds is 5. The molecule has 0 unspecified atom stereocenters. The molecule has 0 aliphatic rings. The summed E-state index contributed by atoms with van der Waals surface area (Å²) in [4.78, 5) is 12.2. The summed E-state index contributed by atoms with van der Waals surface area (Å²) in [5, 5.41) is 21.7. The lowest BCUT2D eigenvalue weighted by atomic mass is 9.80. The first-order chi connectivity index (χ1) is 11.1. The van der Waals surface area contributed by atoms with Crippen LogP contribution in [-0.2, 0) is 11.0 Å². The van der Waals surface area contributed by atoms with Crippen LogP contribution in [0.2, 0.25) is 0 Å². The van der Waals surface area contributed by atoms with E-state index in [1.165, 1.54) is 6.07 Å². The van der Waals surface area contributed by atoms with Gasteiger partial charge >= 0.3 is 6.18 Å². The first-order valence-corrected chi connectivity index (χ1v) is 7.41. The predicted octanol–water partition coefficient (Wildman–Crippen LogP) is 4.81. The van der Waals surface area contributed by atoms with Gasteiger partial charge in [0.1, 0.15) is 11.8 Å². The summed E-state index contributed by atoms with van der Waals surface area (Å²) in [6.07, 6.45) is -3.55. The van der Waals surface area contributed by atoms with Crippen molar-refractivity contribution in [1.82, 2.24) is 0 Å². The molecule has 0 atom stereocenters. The summed E-state index contributed by atoms with van der Waals surface area (Å²) >= 11 is 0. The Balaban J connectivity index is 3.16. The lowest BCUT2D eigenvalue weighted by Crippen LogP contribution is -2.24. The highest BCUT2D eigenvalue weighted by molar-refractivity contribution is 6.07. The third-order valence-electron chi connectivity index (χ3n) is 4.16. The maximum absolute atomic E-state index is 12.7. The maximum atomic E-state index is 12.7. The van der Waals surface area contributed by atoms with Crippen LogP contribution >= 0.6 is 0 Å². The zero-order valence-electron chi connectivity index (χ0n) is 13.7. The number of hydrogen-bond donors (Lipinski definition) is 2. The van der Waals surface area contributed by atoms with Crippen molar-refractivity contribution in [3.05, 3.63) is 41.2 Å². The quantitative estimate of drug-likeness (QED) is 0.459. The van der Waals surface area contributed by atoms with Gasteiger partial charge in [0.05, 0.1) is 5.56 Å². The Bertz CT molecular complexity index is 684. The van der Waals surface area contributed by atoms with Crippen LogP contribution in [0.4, 0.5) is 18.9 Å². The van der Waals surface area contributed by atoms with Crippen LogP contribution in [0.5, 0.6) is 0 Å². The first-order valence-electron chi connectivity index (χ1n) is 7.41. The van der Waals surface area contributed by atoms with Gasteiger partial charge in [0.15, 0.2) is 5.57 Å². The lowest BCUT2D eigenvalue weighted by Gasteiger charge is -2.26. The normalized spacial score (nSPS) is 13.0. The smallest absolute Gasteiger partial charge is 0.416 e. The molecule has 0 fully saturated rings. The lowest BCUT2D eigenvalue weighted by molar-refractivity contribution is -0.137. The number of aliphatic hydroxyl groups excluding tert-OH is 1. The van der Waals surface area contributed by atoms with Crippen molar-refractivity contribution in [2.75, 3.05) is 5.32 Å². The number of nitriles is 1. The van der Waals surface area contributed by atoms with E-state index in [-0.39, 0.29) is 11.4 Å². The number of carbonyl (C=O) groups is 1. The molecule has 0 aromatic heterocycles. The molecule has 0 saturated carbocycles. The van der Waals surface area contributed by atoms with Gasteiger partial charge in [0.25, 0.3) is 5.91 Å². The molecule has 1 aromatic carbocycles. The summed E-state index contributed by atoms with van der Waals surface area (Å²) in [5.41, 5.74) is -2.28. The fourth-order valence-corrected chi connectivity index (χ4v) is 2.06. The maximum Gasteiger partial charge on any atom is 0.416 e. The highest BCUT2D eigenvalue weighted by Crippen LogP contribution is 2.35. The Morgan fingerprint density at radius 1 is 1.29 bits per heavy atom. The monoisotopic (exact) mass is 340 g/mol. The van der Waals surface area contributed by atoms with Gasteiger partial charge in [0.2, 0.25) is 0 Å². The molecule has 1 amide bonds. The Labute approximate surface area is 138 Å². The second kappa shape index (κ2) is 7.39. The van der Waals surface area contributed by atoms with Gasteiger partial charge in [-0.15, -0.1) is 0 Å². The minimum atomic E-state index is -4.54. The summed E-state index contributed by atoms with van der Waals surface area (Å²) in [6, 6.07) is 5.70. The van der Waals surface area contributed by atoms with Crippen molar-refractivity contribution in [3.63, 3.8) is 0 Å². The van der Waals surface area contributed by atoms with Gasteiger partial charge in [-0.25, -0.2) is 0 Å². The molecule has 130 valence electrons. The van der Waals surface area contributed by atoms with Crippen LogP contribution in [0.3, 0.4) is 0 Å². The van der Waals surface area contributed by atoms with Crippen molar-refractivity contribution < 1.29 is 23.1 Å². The number of anilines is 1. The van der Waals surface area contributed by atoms with Crippen molar-refractivity contribution in [2.24, 2.45) is 5.41 Å². The number of hydrogen-bond acceptors (Lipinski definition) is 3. The minimum Gasteiger partial charge on any atom is -0.510 e.